The lowest BCUT2D eigenvalue weighted by atomic mass is 10.0. The molecule has 0 radical (unpaired) electrons. The SMILES string of the molecule is O=C(Oc1ccccc1Cl)c1cc(-c2ccccc2)nc2ccccc12. The van der Waals surface area contributed by atoms with Crippen molar-refractivity contribution in [2.24, 2.45) is 0 Å². The molecule has 1 aromatic heterocycles. The fourth-order valence-corrected chi connectivity index (χ4v) is 2.96. The molecule has 0 aliphatic heterocycles. The highest BCUT2D eigenvalue weighted by Crippen LogP contribution is 2.28. The molecule has 0 bridgehead atoms. The summed E-state index contributed by atoms with van der Waals surface area (Å²) in [5.74, 6) is -0.129. The summed E-state index contributed by atoms with van der Waals surface area (Å²) in [7, 11) is 0. The molecule has 126 valence electrons. The fraction of sp³-hybridized carbons (Fsp3) is 0. The van der Waals surface area contributed by atoms with Gasteiger partial charge < -0.3 is 4.74 Å². The number of hydrogen-bond acceptors (Lipinski definition) is 3. The van der Waals surface area contributed by atoms with Gasteiger partial charge in [-0.1, -0.05) is 72.3 Å². The molecular weight excluding hydrogens is 346 g/mol. The minimum absolute atomic E-state index is 0.335. The van der Waals surface area contributed by atoms with Crippen molar-refractivity contribution in [2.45, 2.75) is 0 Å². The van der Waals surface area contributed by atoms with Gasteiger partial charge in [0, 0.05) is 10.9 Å². The van der Waals surface area contributed by atoms with Crippen LogP contribution in [0.2, 0.25) is 5.02 Å². The van der Waals surface area contributed by atoms with Crippen LogP contribution < -0.4 is 4.74 Å². The Morgan fingerprint density at radius 2 is 1.54 bits per heavy atom. The largest absolute Gasteiger partial charge is 0.421 e. The molecule has 26 heavy (non-hydrogen) atoms. The molecule has 0 atom stereocenters. The van der Waals surface area contributed by atoms with Crippen LogP contribution in [0.4, 0.5) is 0 Å². The maximum atomic E-state index is 12.9. The number of rotatable bonds is 3. The molecule has 0 spiro atoms. The third kappa shape index (κ3) is 3.17. The summed E-state index contributed by atoms with van der Waals surface area (Å²) in [5.41, 5.74) is 2.84. The zero-order valence-electron chi connectivity index (χ0n) is 13.7. The first-order chi connectivity index (χ1) is 12.7. The molecule has 4 aromatic rings. The summed E-state index contributed by atoms with van der Waals surface area (Å²) >= 11 is 6.11. The normalized spacial score (nSPS) is 10.7. The Hall–Kier alpha value is -3.17. The van der Waals surface area contributed by atoms with E-state index in [-0.39, 0.29) is 0 Å². The zero-order valence-corrected chi connectivity index (χ0v) is 14.5. The van der Waals surface area contributed by atoms with Crippen LogP contribution >= 0.6 is 11.6 Å². The number of esters is 1. The van der Waals surface area contributed by atoms with Gasteiger partial charge in [-0.15, -0.1) is 0 Å². The maximum absolute atomic E-state index is 12.9. The lowest BCUT2D eigenvalue weighted by Crippen LogP contribution is -2.10. The second-order valence-electron chi connectivity index (χ2n) is 5.76. The van der Waals surface area contributed by atoms with E-state index >= 15 is 0 Å². The molecule has 0 fully saturated rings. The van der Waals surface area contributed by atoms with Gasteiger partial charge in [0.15, 0.2) is 0 Å². The van der Waals surface area contributed by atoms with E-state index in [2.05, 4.69) is 4.98 Å². The third-order valence-electron chi connectivity index (χ3n) is 4.04. The van der Waals surface area contributed by atoms with Crippen molar-refractivity contribution in [3.63, 3.8) is 0 Å². The van der Waals surface area contributed by atoms with Crippen molar-refractivity contribution >= 4 is 28.5 Å². The van der Waals surface area contributed by atoms with Crippen LogP contribution in [0.15, 0.2) is 84.9 Å². The summed E-state index contributed by atoms with van der Waals surface area (Å²) in [4.78, 5) is 17.5. The number of fused-ring (bicyclic) bond motifs is 1. The average Bonchev–Trinajstić information content (AvgIpc) is 2.69. The van der Waals surface area contributed by atoms with Crippen LogP contribution in [-0.4, -0.2) is 11.0 Å². The highest BCUT2D eigenvalue weighted by molar-refractivity contribution is 6.32. The number of carbonyl (C=O) groups is 1. The van der Waals surface area contributed by atoms with E-state index in [4.69, 9.17) is 16.3 Å². The first-order valence-electron chi connectivity index (χ1n) is 8.14. The second kappa shape index (κ2) is 6.98. The zero-order chi connectivity index (χ0) is 17.9. The van der Waals surface area contributed by atoms with Crippen molar-refractivity contribution in [2.75, 3.05) is 0 Å². The summed E-state index contributed by atoms with van der Waals surface area (Å²) in [6.07, 6.45) is 0. The van der Waals surface area contributed by atoms with Gasteiger partial charge in [-0.05, 0) is 24.3 Å². The van der Waals surface area contributed by atoms with E-state index in [1.165, 1.54) is 0 Å². The summed E-state index contributed by atoms with van der Waals surface area (Å²) in [6, 6.07) is 25.9. The number of nitrogens with zero attached hydrogens (tertiary/aromatic N) is 1. The van der Waals surface area contributed by atoms with Gasteiger partial charge in [0.25, 0.3) is 0 Å². The predicted octanol–water partition coefficient (Wildman–Crippen LogP) is 5.77. The van der Waals surface area contributed by atoms with E-state index in [1.807, 2.05) is 54.6 Å². The summed E-state index contributed by atoms with van der Waals surface area (Å²) < 4.78 is 5.53. The predicted molar refractivity (Wildman–Crippen MR) is 104 cm³/mol. The third-order valence-corrected chi connectivity index (χ3v) is 4.36. The van der Waals surface area contributed by atoms with Gasteiger partial charge in [-0.2, -0.15) is 0 Å². The number of para-hydroxylation sites is 2. The van der Waals surface area contributed by atoms with E-state index in [1.54, 1.807) is 30.3 Å². The Morgan fingerprint density at radius 1 is 0.846 bits per heavy atom. The standard InChI is InChI=1S/C22H14ClNO2/c23-18-11-5-7-13-21(18)26-22(25)17-14-20(15-8-2-1-3-9-15)24-19-12-6-4-10-16(17)19/h1-14H. The Kier molecular flexibility index (Phi) is 4.38. The van der Waals surface area contributed by atoms with Crippen LogP contribution in [0, 0.1) is 0 Å². The highest BCUT2D eigenvalue weighted by atomic mass is 35.5. The van der Waals surface area contributed by atoms with Crippen molar-refractivity contribution in [1.82, 2.24) is 4.98 Å². The lowest BCUT2D eigenvalue weighted by Gasteiger charge is -2.10. The van der Waals surface area contributed by atoms with Gasteiger partial charge in [-0.3, -0.25) is 0 Å². The first kappa shape index (κ1) is 16.3. The Labute approximate surface area is 155 Å². The van der Waals surface area contributed by atoms with E-state index in [0.717, 1.165) is 22.2 Å². The van der Waals surface area contributed by atoms with E-state index in [9.17, 15) is 4.79 Å². The fourth-order valence-electron chi connectivity index (χ4n) is 2.78. The van der Waals surface area contributed by atoms with Crippen molar-refractivity contribution < 1.29 is 9.53 Å². The average molecular weight is 360 g/mol. The van der Waals surface area contributed by atoms with E-state index in [0.29, 0.717) is 16.3 Å². The first-order valence-corrected chi connectivity index (χ1v) is 8.52. The molecule has 3 aromatic carbocycles. The molecule has 4 heteroatoms. The number of hydrogen-bond donors (Lipinski definition) is 0. The molecular formula is C22H14ClNO2. The van der Waals surface area contributed by atoms with Crippen LogP contribution in [-0.2, 0) is 0 Å². The van der Waals surface area contributed by atoms with Gasteiger partial charge in [0.1, 0.15) is 5.75 Å². The Morgan fingerprint density at radius 3 is 2.35 bits per heavy atom. The van der Waals surface area contributed by atoms with Crippen LogP contribution in [0.1, 0.15) is 10.4 Å². The van der Waals surface area contributed by atoms with Gasteiger partial charge in [-0.25, -0.2) is 9.78 Å². The van der Waals surface area contributed by atoms with Crippen LogP contribution in [0.5, 0.6) is 5.75 Å². The number of ether oxygens (including phenoxy) is 1. The summed E-state index contributed by atoms with van der Waals surface area (Å²) in [6.45, 7) is 0. The number of aromatic nitrogens is 1. The Bertz CT molecular complexity index is 1090. The van der Waals surface area contributed by atoms with Crippen molar-refractivity contribution in [3.8, 4) is 17.0 Å². The van der Waals surface area contributed by atoms with Gasteiger partial charge in [0.2, 0.25) is 0 Å². The molecule has 0 saturated heterocycles. The smallest absolute Gasteiger partial charge is 0.344 e. The monoisotopic (exact) mass is 359 g/mol. The van der Waals surface area contributed by atoms with E-state index < -0.39 is 5.97 Å². The molecule has 4 rings (SSSR count). The number of carbonyl (C=O) groups excluding carboxylic acids is 1. The number of halogens is 1. The topological polar surface area (TPSA) is 39.2 Å². The van der Waals surface area contributed by atoms with Crippen LogP contribution in [0.25, 0.3) is 22.2 Å². The number of benzene rings is 3. The molecule has 0 amide bonds. The molecule has 0 saturated carbocycles. The molecule has 0 N–H and O–H groups in total. The lowest BCUT2D eigenvalue weighted by molar-refractivity contribution is 0.0737. The number of pyridine rings is 1. The Balaban J connectivity index is 1.83. The van der Waals surface area contributed by atoms with Crippen LogP contribution in [0.3, 0.4) is 0 Å². The highest BCUT2D eigenvalue weighted by Gasteiger charge is 2.16. The van der Waals surface area contributed by atoms with Crippen molar-refractivity contribution in [3.05, 3.63) is 95.5 Å². The van der Waals surface area contributed by atoms with Gasteiger partial charge >= 0.3 is 5.97 Å². The molecule has 3 nitrogen and oxygen atoms in total. The summed E-state index contributed by atoms with van der Waals surface area (Å²) in [5, 5.41) is 1.13. The van der Waals surface area contributed by atoms with Gasteiger partial charge in [0.05, 0.1) is 21.8 Å². The molecule has 0 aliphatic carbocycles. The molecule has 1 heterocycles. The molecule has 0 aliphatic rings. The molecule has 0 unspecified atom stereocenters. The maximum Gasteiger partial charge on any atom is 0.344 e. The quantitative estimate of drug-likeness (QED) is 0.344. The van der Waals surface area contributed by atoms with Crippen molar-refractivity contribution in [1.29, 1.82) is 0 Å². The second-order valence-corrected chi connectivity index (χ2v) is 6.17. The minimum Gasteiger partial charge on any atom is -0.421 e. The minimum atomic E-state index is -0.464.